The summed E-state index contributed by atoms with van der Waals surface area (Å²) in [6, 6.07) is 8.74. The molecule has 4 rings (SSSR count). The van der Waals surface area contributed by atoms with Crippen LogP contribution in [0.15, 0.2) is 66.8 Å². The number of rotatable bonds is 4. The van der Waals surface area contributed by atoms with Crippen molar-refractivity contribution < 1.29 is 33.1 Å². The van der Waals surface area contributed by atoms with Gasteiger partial charge in [-0.2, -0.15) is 0 Å². The first kappa shape index (κ1) is 18.9. The van der Waals surface area contributed by atoms with E-state index in [1.54, 1.807) is 0 Å². The van der Waals surface area contributed by atoms with Gasteiger partial charge in [-0.05, 0) is 36.4 Å². The third-order valence-corrected chi connectivity index (χ3v) is 4.36. The highest BCUT2D eigenvalue weighted by molar-refractivity contribution is 6.28. The molecule has 0 fully saturated rings. The van der Waals surface area contributed by atoms with Gasteiger partial charge in [0.2, 0.25) is 0 Å². The van der Waals surface area contributed by atoms with Crippen molar-refractivity contribution in [3.63, 3.8) is 0 Å². The van der Waals surface area contributed by atoms with Crippen molar-refractivity contribution in [2.24, 2.45) is 0 Å². The molecule has 0 atom stereocenters. The van der Waals surface area contributed by atoms with E-state index in [0.29, 0.717) is 0 Å². The van der Waals surface area contributed by atoms with E-state index in [1.807, 2.05) is 0 Å². The zero-order valence-corrected chi connectivity index (χ0v) is 15.1. The van der Waals surface area contributed by atoms with Gasteiger partial charge in [0, 0.05) is 30.4 Å². The highest BCUT2D eigenvalue weighted by atomic mass is 19.1. The van der Waals surface area contributed by atoms with Crippen LogP contribution in [0.1, 0.15) is 10.4 Å². The van der Waals surface area contributed by atoms with Crippen LogP contribution in [0, 0.1) is 5.82 Å². The fourth-order valence-electron chi connectivity index (χ4n) is 2.93. The molecule has 8 nitrogen and oxygen atoms in total. The van der Waals surface area contributed by atoms with Gasteiger partial charge in [0.05, 0.1) is 16.9 Å². The predicted octanol–water partition coefficient (Wildman–Crippen LogP) is 1.90. The Kier molecular flexibility index (Phi) is 4.55. The molecule has 2 aliphatic rings. The first-order valence-corrected chi connectivity index (χ1v) is 8.59. The van der Waals surface area contributed by atoms with E-state index in [4.69, 9.17) is 4.74 Å². The van der Waals surface area contributed by atoms with E-state index in [9.17, 15) is 28.4 Å². The molecule has 0 spiro atoms. The quantitative estimate of drug-likeness (QED) is 0.437. The summed E-state index contributed by atoms with van der Waals surface area (Å²) in [5.74, 6) is -4.41. The Bertz CT molecular complexity index is 1150. The first-order valence-electron chi connectivity index (χ1n) is 8.59. The molecule has 148 valence electrons. The first-order chi connectivity index (χ1) is 14.3. The van der Waals surface area contributed by atoms with Crippen LogP contribution in [-0.2, 0) is 19.2 Å². The normalized spacial score (nSPS) is 15.5. The van der Waals surface area contributed by atoms with Crippen LogP contribution in [0.25, 0.3) is 0 Å². The smallest absolute Gasteiger partial charge is 0.343 e. The Morgan fingerprint density at radius 3 is 1.67 bits per heavy atom. The Balaban J connectivity index is 1.49. The second kappa shape index (κ2) is 7.21. The Morgan fingerprint density at radius 1 is 0.700 bits per heavy atom. The van der Waals surface area contributed by atoms with Gasteiger partial charge in [0.1, 0.15) is 0 Å². The van der Waals surface area contributed by atoms with Gasteiger partial charge in [-0.3, -0.25) is 19.2 Å². The number of benzene rings is 2. The van der Waals surface area contributed by atoms with Crippen LogP contribution < -0.4 is 14.5 Å². The largest absolute Gasteiger partial charge is 0.420 e. The number of anilines is 2. The van der Waals surface area contributed by atoms with Gasteiger partial charge >= 0.3 is 5.97 Å². The van der Waals surface area contributed by atoms with Crippen molar-refractivity contribution in [2.75, 3.05) is 9.80 Å². The number of ether oxygens (including phenoxy) is 1. The summed E-state index contributed by atoms with van der Waals surface area (Å²) in [7, 11) is 0. The minimum absolute atomic E-state index is 0.00482. The topological polar surface area (TPSA) is 101 Å². The van der Waals surface area contributed by atoms with Crippen molar-refractivity contribution in [1.29, 1.82) is 0 Å². The maximum atomic E-state index is 14.4. The maximum Gasteiger partial charge on any atom is 0.343 e. The van der Waals surface area contributed by atoms with Crippen molar-refractivity contribution >= 4 is 41.0 Å². The molecule has 0 radical (unpaired) electrons. The van der Waals surface area contributed by atoms with Crippen molar-refractivity contribution in [3.8, 4) is 5.75 Å². The highest BCUT2D eigenvalue weighted by Gasteiger charge is 2.27. The molecule has 30 heavy (non-hydrogen) atoms. The fraction of sp³-hybridized carbons (Fsp3) is 0. The Morgan fingerprint density at radius 2 is 1.17 bits per heavy atom. The van der Waals surface area contributed by atoms with E-state index in [2.05, 4.69) is 0 Å². The molecular formula is C21H11FN2O6. The number of hydrogen-bond acceptors (Lipinski definition) is 6. The minimum atomic E-state index is -0.940. The molecule has 2 aromatic rings. The zero-order chi connectivity index (χ0) is 21.4. The summed E-state index contributed by atoms with van der Waals surface area (Å²) in [6.45, 7) is 0. The van der Waals surface area contributed by atoms with E-state index >= 15 is 0 Å². The number of carbonyl (C=O) groups is 5. The molecule has 0 aliphatic carbocycles. The van der Waals surface area contributed by atoms with Crippen LogP contribution >= 0.6 is 0 Å². The number of esters is 1. The Hall–Kier alpha value is -4.40. The van der Waals surface area contributed by atoms with E-state index in [1.165, 1.54) is 30.3 Å². The fourth-order valence-corrected chi connectivity index (χ4v) is 2.93. The van der Waals surface area contributed by atoms with Crippen molar-refractivity contribution in [1.82, 2.24) is 0 Å². The van der Waals surface area contributed by atoms with Crippen LogP contribution in [0.5, 0.6) is 5.75 Å². The lowest BCUT2D eigenvalue weighted by Gasteiger charge is -2.15. The average molecular weight is 406 g/mol. The minimum Gasteiger partial charge on any atom is -0.420 e. The molecule has 4 amide bonds. The molecule has 0 bridgehead atoms. The highest BCUT2D eigenvalue weighted by Crippen LogP contribution is 2.27. The number of hydrogen-bond donors (Lipinski definition) is 0. The van der Waals surface area contributed by atoms with E-state index in [0.717, 1.165) is 46.2 Å². The summed E-state index contributed by atoms with van der Waals surface area (Å²) < 4.78 is 19.4. The van der Waals surface area contributed by atoms with Gasteiger partial charge < -0.3 is 4.74 Å². The summed E-state index contributed by atoms with van der Waals surface area (Å²) in [5, 5.41) is 0. The molecule has 0 unspecified atom stereocenters. The molecule has 0 aromatic heterocycles. The van der Waals surface area contributed by atoms with Gasteiger partial charge in [0.25, 0.3) is 23.6 Å². The van der Waals surface area contributed by atoms with Gasteiger partial charge in [0.15, 0.2) is 11.6 Å². The molecule has 2 aromatic carbocycles. The predicted molar refractivity (Wildman–Crippen MR) is 101 cm³/mol. The molecule has 0 N–H and O–H groups in total. The second-order valence-corrected chi connectivity index (χ2v) is 6.24. The van der Waals surface area contributed by atoms with Crippen molar-refractivity contribution in [2.45, 2.75) is 0 Å². The lowest BCUT2D eigenvalue weighted by atomic mass is 10.2. The third-order valence-electron chi connectivity index (χ3n) is 4.36. The lowest BCUT2D eigenvalue weighted by Crippen LogP contribution is -2.29. The monoisotopic (exact) mass is 406 g/mol. The second-order valence-electron chi connectivity index (χ2n) is 6.24. The standard InChI is InChI=1S/C21H11FN2O6/c22-15-11-14(24-19(27)9-10-20(24)28)5-6-16(15)30-21(29)12-1-3-13(4-2-12)23-17(25)7-8-18(23)26/h1-11H. The van der Waals surface area contributed by atoms with Gasteiger partial charge in [-0.15, -0.1) is 0 Å². The zero-order valence-electron chi connectivity index (χ0n) is 15.1. The van der Waals surface area contributed by atoms with Gasteiger partial charge in [-0.1, -0.05) is 0 Å². The summed E-state index contributed by atoms with van der Waals surface area (Å²) in [6.07, 6.45) is 4.40. The van der Waals surface area contributed by atoms with E-state index < -0.39 is 41.2 Å². The molecule has 9 heteroatoms. The number of amides is 4. The SMILES string of the molecule is O=C(Oc1ccc(N2C(=O)C=CC2=O)cc1F)c1ccc(N2C(=O)C=CC2=O)cc1. The number of imide groups is 2. The van der Waals surface area contributed by atoms with Crippen LogP contribution in [0.2, 0.25) is 0 Å². The molecular weight excluding hydrogens is 395 g/mol. The summed E-state index contributed by atoms with van der Waals surface area (Å²) in [4.78, 5) is 60.7. The Labute approximate surface area is 168 Å². The van der Waals surface area contributed by atoms with Crippen LogP contribution in [-0.4, -0.2) is 29.6 Å². The number of nitrogens with zero attached hydrogens (tertiary/aromatic N) is 2. The lowest BCUT2D eigenvalue weighted by molar-refractivity contribution is -0.121. The molecule has 0 saturated heterocycles. The maximum absolute atomic E-state index is 14.4. The number of carbonyl (C=O) groups excluding carboxylic acids is 5. The van der Waals surface area contributed by atoms with Crippen LogP contribution in [0.3, 0.4) is 0 Å². The summed E-state index contributed by atoms with van der Waals surface area (Å²) in [5.41, 5.74) is 0.337. The molecule has 0 saturated carbocycles. The average Bonchev–Trinajstić information content (AvgIpc) is 3.24. The number of halogens is 1. The molecule has 2 aliphatic heterocycles. The van der Waals surface area contributed by atoms with Gasteiger partial charge in [-0.25, -0.2) is 19.0 Å². The summed E-state index contributed by atoms with van der Waals surface area (Å²) >= 11 is 0. The third kappa shape index (κ3) is 3.28. The molecule has 2 heterocycles. The van der Waals surface area contributed by atoms with Crippen LogP contribution in [0.4, 0.5) is 15.8 Å². The van der Waals surface area contributed by atoms with E-state index in [-0.39, 0.29) is 16.9 Å². The van der Waals surface area contributed by atoms with Crippen molar-refractivity contribution in [3.05, 3.63) is 78.1 Å².